The van der Waals surface area contributed by atoms with E-state index in [1.165, 1.54) is 12.7 Å². The Balaban J connectivity index is 1.81. The van der Waals surface area contributed by atoms with Crippen LogP contribution in [0.3, 0.4) is 0 Å². The average Bonchev–Trinajstić information content (AvgIpc) is 2.82. The predicted molar refractivity (Wildman–Crippen MR) is 126 cm³/mol. The molecule has 31 heavy (non-hydrogen) atoms. The molecule has 4 aromatic rings. The first-order chi connectivity index (χ1) is 15.1. The van der Waals surface area contributed by atoms with E-state index < -0.39 is 0 Å². The van der Waals surface area contributed by atoms with Gasteiger partial charge in [0.15, 0.2) is 0 Å². The summed E-state index contributed by atoms with van der Waals surface area (Å²) < 4.78 is 5.15. The number of pyridine rings is 1. The lowest BCUT2D eigenvalue weighted by Gasteiger charge is -2.17. The van der Waals surface area contributed by atoms with Gasteiger partial charge in [-0.1, -0.05) is 74.5 Å². The van der Waals surface area contributed by atoms with Gasteiger partial charge in [-0.2, -0.15) is 0 Å². The third-order valence-electron chi connectivity index (χ3n) is 5.76. The first-order valence-electron chi connectivity index (χ1n) is 10.7. The van der Waals surface area contributed by atoms with Crippen molar-refractivity contribution in [2.75, 3.05) is 7.11 Å². The van der Waals surface area contributed by atoms with Crippen LogP contribution in [0, 0.1) is 0 Å². The van der Waals surface area contributed by atoms with Gasteiger partial charge in [0.25, 0.3) is 0 Å². The number of methoxy groups -OCH3 is 1. The first kappa shape index (κ1) is 20.8. The highest BCUT2D eigenvalue weighted by Crippen LogP contribution is 2.33. The molecule has 0 N–H and O–H groups in total. The fourth-order valence-corrected chi connectivity index (χ4v) is 4.02. The van der Waals surface area contributed by atoms with Crippen LogP contribution in [-0.2, 0) is 16.0 Å². The van der Waals surface area contributed by atoms with Crippen LogP contribution in [0.25, 0.3) is 22.0 Å². The van der Waals surface area contributed by atoms with Gasteiger partial charge in [-0.25, -0.2) is 0 Å². The number of rotatable bonds is 6. The minimum Gasteiger partial charge on any atom is -0.469 e. The number of ether oxygens (including phenoxy) is 1. The standard InChI is InChI=1S/C28H27NO2/c1-19(2)24-17-23-13-8-14-29-27(23)25(18-24)21-11-7-12-22(16-21)26(28(30)31-3)15-20-9-5-4-6-10-20/h4-14,16-19,26H,15H2,1-3H3. The molecule has 3 nitrogen and oxygen atoms in total. The summed E-state index contributed by atoms with van der Waals surface area (Å²) in [5, 5.41) is 1.13. The van der Waals surface area contributed by atoms with Crippen LogP contribution in [0.5, 0.6) is 0 Å². The largest absolute Gasteiger partial charge is 0.469 e. The van der Waals surface area contributed by atoms with E-state index >= 15 is 0 Å². The van der Waals surface area contributed by atoms with Crippen LogP contribution in [0.4, 0.5) is 0 Å². The number of carbonyl (C=O) groups is 1. The Morgan fingerprint density at radius 1 is 0.903 bits per heavy atom. The van der Waals surface area contributed by atoms with E-state index in [4.69, 9.17) is 4.74 Å². The number of aromatic nitrogens is 1. The molecule has 1 unspecified atom stereocenters. The summed E-state index contributed by atoms with van der Waals surface area (Å²) in [6.07, 6.45) is 2.43. The molecule has 3 aromatic carbocycles. The maximum atomic E-state index is 12.7. The third-order valence-corrected chi connectivity index (χ3v) is 5.76. The minimum absolute atomic E-state index is 0.222. The van der Waals surface area contributed by atoms with E-state index in [2.05, 4.69) is 49.2 Å². The number of hydrogen-bond donors (Lipinski definition) is 0. The molecule has 3 heteroatoms. The molecule has 0 amide bonds. The predicted octanol–water partition coefficient (Wildman–Crippen LogP) is 6.52. The Morgan fingerprint density at radius 2 is 1.71 bits per heavy atom. The van der Waals surface area contributed by atoms with Gasteiger partial charge in [-0.15, -0.1) is 0 Å². The maximum absolute atomic E-state index is 12.7. The topological polar surface area (TPSA) is 39.2 Å². The summed E-state index contributed by atoms with van der Waals surface area (Å²) in [6, 6.07) is 26.8. The molecule has 0 saturated heterocycles. The molecular weight excluding hydrogens is 382 g/mol. The van der Waals surface area contributed by atoms with Gasteiger partial charge in [0.1, 0.15) is 0 Å². The number of benzene rings is 3. The molecule has 0 fully saturated rings. The highest BCUT2D eigenvalue weighted by Gasteiger charge is 2.23. The molecule has 1 aromatic heterocycles. The highest BCUT2D eigenvalue weighted by molar-refractivity contribution is 5.94. The molecule has 0 radical (unpaired) electrons. The summed E-state index contributed by atoms with van der Waals surface area (Å²) in [5.74, 6) is -0.174. The monoisotopic (exact) mass is 409 g/mol. The van der Waals surface area contributed by atoms with Crippen molar-refractivity contribution in [3.8, 4) is 11.1 Å². The number of hydrogen-bond acceptors (Lipinski definition) is 3. The van der Waals surface area contributed by atoms with Gasteiger partial charge in [0.2, 0.25) is 0 Å². The second kappa shape index (κ2) is 9.13. The smallest absolute Gasteiger partial charge is 0.313 e. The first-order valence-corrected chi connectivity index (χ1v) is 10.7. The van der Waals surface area contributed by atoms with Crippen LogP contribution < -0.4 is 0 Å². The lowest BCUT2D eigenvalue weighted by atomic mass is 9.88. The van der Waals surface area contributed by atoms with Crippen molar-refractivity contribution < 1.29 is 9.53 Å². The molecule has 156 valence electrons. The zero-order valence-corrected chi connectivity index (χ0v) is 18.2. The van der Waals surface area contributed by atoms with Crippen molar-refractivity contribution in [2.45, 2.75) is 32.1 Å². The van der Waals surface area contributed by atoms with Crippen molar-refractivity contribution in [2.24, 2.45) is 0 Å². The molecular formula is C28H27NO2. The van der Waals surface area contributed by atoms with Gasteiger partial charge < -0.3 is 4.74 Å². The lowest BCUT2D eigenvalue weighted by molar-refractivity contribution is -0.142. The van der Waals surface area contributed by atoms with Crippen LogP contribution in [0.1, 0.15) is 42.4 Å². The molecule has 1 atom stereocenters. The molecule has 1 heterocycles. The lowest BCUT2D eigenvalue weighted by Crippen LogP contribution is -2.17. The zero-order valence-electron chi connectivity index (χ0n) is 18.2. The highest BCUT2D eigenvalue weighted by atomic mass is 16.5. The van der Waals surface area contributed by atoms with Crippen molar-refractivity contribution in [1.29, 1.82) is 0 Å². The second-order valence-electron chi connectivity index (χ2n) is 8.19. The number of fused-ring (bicyclic) bond motifs is 1. The molecule has 0 aliphatic carbocycles. The number of carbonyl (C=O) groups excluding carboxylic acids is 1. The van der Waals surface area contributed by atoms with Crippen LogP contribution >= 0.6 is 0 Å². The van der Waals surface area contributed by atoms with Crippen LogP contribution in [-0.4, -0.2) is 18.1 Å². The van der Waals surface area contributed by atoms with Crippen molar-refractivity contribution in [3.05, 3.63) is 102 Å². The maximum Gasteiger partial charge on any atom is 0.313 e. The summed E-state index contributed by atoms with van der Waals surface area (Å²) >= 11 is 0. The quantitative estimate of drug-likeness (QED) is 0.340. The Labute approximate surface area is 183 Å². The SMILES string of the molecule is COC(=O)C(Cc1ccccc1)c1cccc(-c2cc(C(C)C)cc3cccnc23)c1. The molecule has 0 spiro atoms. The summed E-state index contributed by atoms with van der Waals surface area (Å²) in [6.45, 7) is 4.40. The Hall–Kier alpha value is -3.46. The van der Waals surface area contributed by atoms with E-state index in [9.17, 15) is 4.79 Å². The van der Waals surface area contributed by atoms with Crippen LogP contribution in [0.15, 0.2) is 85.1 Å². The van der Waals surface area contributed by atoms with Gasteiger partial charge in [-0.3, -0.25) is 9.78 Å². The number of esters is 1. The van der Waals surface area contributed by atoms with E-state index in [0.717, 1.165) is 33.2 Å². The Kier molecular flexibility index (Phi) is 6.13. The molecule has 4 rings (SSSR count). The fourth-order valence-electron chi connectivity index (χ4n) is 4.02. The Bertz CT molecular complexity index is 1200. The van der Waals surface area contributed by atoms with Crippen LogP contribution in [0.2, 0.25) is 0 Å². The van der Waals surface area contributed by atoms with Gasteiger partial charge in [-0.05, 0) is 52.8 Å². The van der Waals surface area contributed by atoms with Crippen molar-refractivity contribution in [1.82, 2.24) is 4.98 Å². The van der Waals surface area contributed by atoms with E-state index in [1.807, 2.05) is 54.7 Å². The van der Waals surface area contributed by atoms with Crippen molar-refractivity contribution >= 4 is 16.9 Å². The van der Waals surface area contributed by atoms with Gasteiger partial charge in [0, 0.05) is 17.1 Å². The van der Waals surface area contributed by atoms with Gasteiger partial charge in [0.05, 0.1) is 18.5 Å². The van der Waals surface area contributed by atoms with Gasteiger partial charge >= 0.3 is 5.97 Å². The third kappa shape index (κ3) is 4.51. The second-order valence-corrected chi connectivity index (χ2v) is 8.19. The van der Waals surface area contributed by atoms with E-state index in [0.29, 0.717) is 12.3 Å². The van der Waals surface area contributed by atoms with E-state index in [1.54, 1.807) is 0 Å². The Morgan fingerprint density at radius 3 is 2.45 bits per heavy atom. The number of nitrogens with zero attached hydrogens (tertiary/aromatic N) is 1. The van der Waals surface area contributed by atoms with E-state index in [-0.39, 0.29) is 11.9 Å². The minimum atomic E-state index is -0.361. The summed E-state index contributed by atoms with van der Waals surface area (Å²) in [5.41, 5.74) is 6.46. The molecule has 0 saturated carbocycles. The molecule has 0 aliphatic rings. The normalized spacial score (nSPS) is 12.1. The average molecular weight is 410 g/mol. The summed E-state index contributed by atoms with van der Waals surface area (Å²) in [4.78, 5) is 17.3. The summed E-state index contributed by atoms with van der Waals surface area (Å²) in [7, 11) is 1.45. The fraction of sp³-hybridized carbons (Fsp3) is 0.214. The molecule has 0 bridgehead atoms. The zero-order chi connectivity index (χ0) is 21.8. The molecule has 0 aliphatic heterocycles. The van der Waals surface area contributed by atoms with Crippen molar-refractivity contribution in [3.63, 3.8) is 0 Å².